The van der Waals surface area contributed by atoms with Crippen molar-refractivity contribution in [2.75, 3.05) is 32.1 Å². The number of anilines is 1. The van der Waals surface area contributed by atoms with Crippen LogP contribution in [0.15, 0.2) is 102 Å². The molecule has 0 spiro atoms. The molecule has 2 amide bonds. The molecule has 0 heterocycles. The number of rotatable bonds is 13. The number of amides is 2. The quantitative estimate of drug-likeness (QED) is 0.212. The summed E-state index contributed by atoms with van der Waals surface area (Å²) in [6.07, 6.45) is 0.224. The zero-order chi connectivity index (χ0) is 32.6. The molecule has 236 valence electrons. The van der Waals surface area contributed by atoms with Crippen molar-refractivity contribution in [2.24, 2.45) is 0 Å². The second-order valence-electron chi connectivity index (χ2n) is 10.3. The number of carbonyl (C=O) groups is 2. The number of carbonyl (C=O) groups excluding carboxylic acids is 2. The Balaban J connectivity index is 1.81. The first-order chi connectivity index (χ1) is 21.6. The van der Waals surface area contributed by atoms with Gasteiger partial charge in [0.25, 0.3) is 10.0 Å². The maximum atomic E-state index is 14.4. The van der Waals surface area contributed by atoms with Crippen molar-refractivity contribution in [1.82, 2.24) is 10.2 Å². The molecule has 45 heavy (non-hydrogen) atoms. The highest BCUT2D eigenvalue weighted by atomic mass is 35.5. The van der Waals surface area contributed by atoms with Crippen LogP contribution in [0.4, 0.5) is 5.69 Å². The number of ether oxygens (including phenoxy) is 2. The molecule has 0 fully saturated rings. The van der Waals surface area contributed by atoms with Crippen LogP contribution in [0.25, 0.3) is 0 Å². The van der Waals surface area contributed by atoms with E-state index in [0.29, 0.717) is 10.8 Å². The molecule has 0 aliphatic heterocycles. The van der Waals surface area contributed by atoms with Gasteiger partial charge >= 0.3 is 0 Å². The molecule has 0 unspecified atom stereocenters. The molecule has 0 aliphatic rings. The molecule has 9 nitrogen and oxygen atoms in total. The third-order valence-electron chi connectivity index (χ3n) is 7.29. The average molecular weight is 650 g/mol. The topological polar surface area (TPSA) is 105 Å². The van der Waals surface area contributed by atoms with Gasteiger partial charge in [-0.2, -0.15) is 0 Å². The third-order valence-corrected chi connectivity index (χ3v) is 9.31. The first-order valence-electron chi connectivity index (χ1n) is 14.2. The highest BCUT2D eigenvalue weighted by molar-refractivity contribution is 7.92. The van der Waals surface area contributed by atoms with E-state index < -0.39 is 28.5 Å². The average Bonchev–Trinajstić information content (AvgIpc) is 3.05. The normalized spacial score (nSPS) is 11.8. The molecular weight excluding hydrogens is 614 g/mol. The Morgan fingerprint density at radius 2 is 1.51 bits per heavy atom. The molecule has 4 rings (SSSR count). The fourth-order valence-electron chi connectivity index (χ4n) is 4.97. The van der Waals surface area contributed by atoms with Crippen LogP contribution in [-0.4, -0.2) is 59.0 Å². The van der Waals surface area contributed by atoms with Crippen molar-refractivity contribution < 1.29 is 27.5 Å². The molecule has 0 aromatic heterocycles. The molecule has 0 aliphatic carbocycles. The Bertz CT molecular complexity index is 1730. The summed E-state index contributed by atoms with van der Waals surface area (Å²) < 4.78 is 40.1. The van der Waals surface area contributed by atoms with Crippen LogP contribution in [0.1, 0.15) is 16.7 Å². The lowest BCUT2D eigenvalue weighted by molar-refractivity contribution is -0.139. The van der Waals surface area contributed by atoms with Crippen LogP contribution in [0.5, 0.6) is 11.5 Å². The Hall–Kier alpha value is -4.54. The summed E-state index contributed by atoms with van der Waals surface area (Å²) >= 11 is 6.13. The van der Waals surface area contributed by atoms with Crippen molar-refractivity contribution in [3.8, 4) is 11.5 Å². The number of nitrogens with one attached hydrogen (secondary N) is 1. The first-order valence-corrected chi connectivity index (χ1v) is 16.0. The standard InChI is InChI=1S/C34H36ClN3O6S/c1-24-9-8-12-26(19-24)22-37(30(34(40)36-2)20-25-10-6-5-7-11-25)33(39)23-38(28-15-13-27(35)14-16-28)45(41,42)29-17-18-31(43-3)32(21-29)44-4/h5-19,21,30H,20,22-23H2,1-4H3,(H,36,40)/t30-/m0/s1. The van der Waals surface area contributed by atoms with Gasteiger partial charge in [-0.1, -0.05) is 71.8 Å². The summed E-state index contributed by atoms with van der Waals surface area (Å²) in [5.74, 6) is -0.380. The summed E-state index contributed by atoms with van der Waals surface area (Å²) in [6, 6.07) is 26.4. The van der Waals surface area contributed by atoms with Crippen LogP contribution in [0, 0.1) is 6.92 Å². The van der Waals surface area contributed by atoms with Crippen molar-refractivity contribution in [3.05, 3.63) is 119 Å². The Kier molecular flexibility index (Phi) is 11.1. The number of likely N-dealkylation sites (N-methyl/N-ethyl adjacent to an activating group) is 1. The fraction of sp³-hybridized carbons (Fsp3) is 0.235. The summed E-state index contributed by atoms with van der Waals surface area (Å²) in [7, 11) is 0.0312. The van der Waals surface area contributed by atoms with E-state index in [1.54, 1.807) is 12.1 Å². The van der Waals surface area contributed by atoms with Gasteiger partial charge in [-0.15, -0.1) is 0 Å². The van der Waals surface area contributed by atoms with Gasteiger partial charge in [0.15, 0.2) is 11.5 Å². The number of halogens is 1. The predicted octanol–water partition coefficient (Wildman–Crippen LogP) is 5.25. The molecule has 4 aromatic rings. The Morgan fingerprint density at radius 3 is 2.13 bits per heavy atom. The fourth-order valence-corrected chi connectivity index (χ4v) is 6.52. The van der Waals surface area contributed by atoms with Gasteiger partial charge < -0.3 is 19.7 Å². The van der Waals surface area contributed by atoms with Crippen LogP contribution in [0.2, 0.25) is 5.02 Å². The van der Waals surface area contributed by atoms with Crippen LogP contribution >= 0.6 is 11.6 Å². The van der Waals surface area contributed by atoms with E-state index in [2.05, 4.69) is 5.32 Å². The summed E-state index contributed by atoms with van der Waals surface area (Å²) in [4.78, 5) is 29.1. The van der Waals surface area contributed by atoms with Crippen LogP contribution in [-0.2, 0) is 32.6 Å². The van der Waals surface area contributed by atoms with Crippen molar-refractivity contribution in [1.29, 1.82) is 0 Å². The molecular formula is C34H36ClN3O6S. The Morgan fingerprint density at radius 1 is 0.844 bits per heavy atom. The molecule has 0 bridgehead atoms. The minimum atomic E-state index is -4.34. The SMILES string of the molecule is CNC(=O)[C@H](Cc1ccccc1)N(Cc1cccc(C)c1)C(=O)CN(c1ccc(Cl)cc1)S(=O)(=O)c1ccc(OC)c(OC)c1. The summed E-state index contributed by atoms with van der Waals surface area (Å²) in [5, 5.41) is 3.08. The first kappa shape index (κ1) is 33.4. The van der Waals surface area contributed by atoms with E-state index in [1.807, 2.05) is 61.5 Å². The second-order valence-corrected chi connectivity index (χ2v) is 12.6. The van der Waals surface area contributed by atoms with Crippen molar-refractivity contribution >= 4 is 39.1 Å². The highest BCUT2D eigenvalue weighted by Gasteiger charge is 2.34. The second kappa shape index (κ2) is 15.0. The van der Waals surface area contributed by atoms with E-state index in [0.717, 1.165) is 21.0 Å². The van der Waals surface area contributed by atoms with Gasteiger partial charge in [0.2, 0.25) is 11.8 Å². The van der Waals surface area contributed by atoms with E-state index in [-0.39, 0.29) is 35.2 Å². The van der Waals surface area contributed by atoms with Crippen molar-refractivity contribution in [3.63, 3.8) is 0 Å². The van der Waals surface area contributed by atoms with E-state index in [9.17, 15) is 18.0 Å². The predicted molar refractivity (Wildman–Crippen MR) is 175 cm³/mol. The lowest BCUT2D eigenvalue weighted by Gasteiger charge is -2.33. The summed E-state index contributed by atoms with van der Waals surface area (Å²) in [5.41, 5.74) is 2.85. The maximum absolute atomic E-state index is 14.4. The smallest absolute Gasteiger partial charge is 0.264 e. The molecule has 0 saturated carbocycles. The van der Waals surface area contributed by atoms with Gasteiger partial charge in [0.05, 0.1) is 24.8 Å². The monoisotopic (exact) mass is 649 g/mol. The van der Waals surface area contributed by atoms with Crippen LogP contribution < -0.4 is 19.1 Å². The lowest BCUT2D eigenvalue weighted by Crippen LogP contribution is -2.53. The third kappa shape index (κ3) is 8.14. The molecule has 11 heteroatoms. The number of nitrogens with zero attached hydrogens (tertiary/aromatic N) is 2. The highest BCUT2D eigenvalue weighted by Crippen LogP contribution is 2.33. The number of aryl methyl sites for hydroxylation is 1. The molecule has 4 aromatic carbocycles. The van der Waals surface area contributed by atoms with Gasteiger partial charge in [-0.3, -0.25) is 13.9 Å². The minimum Gasteiger partial charge on any atom is -0.493 e. The molecule has 1 atom stereocenters. The minimum absolute atomic E-state index is 0.0797. The van der Waals surface area contributed by atoms with Gasteiger partial charge in [-0.05, 0) is 54.4 Å². The number of sulfonamides is 1. The largest absolute Gasteiger partial charge is 0.493 e. The van der Waals surface area contributed by atoms with E-state index in [4.69, 9.17) is 21.1 Å². The molecule has 0 saturated heterocycles. The lowest BCUT2D eigenvalue weighted by atomic mass is 10.0. The number of methoxy groups -OCH3 is 2. The zero-order valence-electron chi connectivity index (χ0n) is 25.6. The van der Waals surface area contributed by atoms with Gasteiger partial charge in [0.1, 0.15) is 12.6 Å². The zero-order valence-corrected chi connectivity index (χ0v) is 27.1. The molecule has 0 radical (unpaired) electrons. The molecule has 1 N–H and O–H groups in total. The maximum Gasteiger partial charge on any atom is 0.264 e. The van der Waals surface area contributed by atoms with E-state index >= 15 is 0 Å². The van der Waals surface area contributed by atoms with Crippen LogP contribution in [0.3, 0.4) is 0 Å². The summed E-state index contributed by atoms with van der Waals surface area (Å²) in [6.45, 7) is 1.43. The number of hydrogen-bond acceptors (Lipinski definition) is 6. The van der Waals surface area contributed by atoms with Gasteiger partial charge in [0, 0.05) is 31.1 Å². The Labute approximate surface area is 269 Å². The van der Waals surface area contributed by atoms with Gasteiger partial charge in [-0.25, -0.2) is 8.42 Å². The van der Waals surface area contributed by atoms with E-state index in [1.165, 1.54) is 56.5 Å². The number of benzene rings is 4. The van der Waals surface area contributed by atoms with Crippen molar-refractivity contribution in [2.45, 2.75) is 30.8 Å². The number of hydrogen-bond donors (Lipinski definition) is 1.